The third-order valence-corrected chi connectivity index (χ3v) is 6.17. The molecule has 0 saturated carbocycles. The van der Waals surface area contributed by atoms with Crippen LogP contribution in [0, 0.1) is 0 Å². The molecular formula is C24H30Cl3N3O6. The average Bonchev–Trinajstić information content (AvgIpc) is 3.33. The maximum Gasteiger partial charge on any atom is 0.407 e. The molecule has 2 fully saturated rings. The molecule has 9 nitrogen and oxygen atoms in total. The predicted molar refractivity (Wildman–Crippen MR) is 135 cm³/mol. The molecule has 1 aromatic carbocycles. The molecule has 12 heteroatoms. The van der Waals surface area contributed by atoms with Crippen molar-refractivity contribution < 1.29 is 28.7 Å². The Hall–Kier alpha value is -2.23. The van der Waals surface area contributed by atoms with Crippen molar-refractivity contribution in [1.29, 1.82) is 0 Å². The first-order chi connectivity index (χ1) is 16.7. The summed E-state index contributed by atoms with van der Waals surface area (Å²) >= 11 is 16.8. The summed E-state index contributed by atoms with van der Waals surface area (Å²) in [6.45, 7) is 4.81. The van der Waals surface area contributed by atoms with Crippen molar-refractivity contribution in [1.82, 2.24) is 15.5 Å². The van der Waals surface area contributed by atoms with Crippen LogP contribution in [0.3, 0.4) is 0 Å². The highest BCUT2D eigenvalue weighted by molar-refractivity contribution is 6.67. The number of hydrogen-bond donors (Lipinski definition) is 2. The van der Waals surface area contributed by atoms with Crippen LogP contribution in [0.15, 0.2) is 30.3 Å². The SMILES string of the molecule is CC(C)(C)OC(=O)[C@H](Cc1ccccc1)NC(=O)[C@@H]1CC[C@H]2[C@@H](NC(=O)OCC(Cl)(Cl)Cl)CC(=O)N12. The first-order valence-corrected chi connectivity index (χ1v) is 12.8. The number of hydrogen-bond acceptors (Lipinski definition) is 6. The number of nitrogens with one attached hydrogen (secondary N) is 2. The number of ether oxygens (including phenoxy) is 2. The van der Waals surface area contributed by atoms with Crippen LogP contribution < -0.4 is 10.6 Å². The fourth-order valence-electron chi connectivity index (χ4n) is 4.45. The number of alkyl halides is 3. The third-order valence-electron chi connectivity index (χ3n) is 5.84. The van der Waals surface area contributed by atoms with Crippen LogP contribution in [0.1, 0.15) is 45.6 Å². The Morgan fingerprint density at radius 3 is 2.39 bits per heavy atom. The van der Waals surface area contributed by atoms with Crippen molar-refractivity contribution in [2.75, 3.05) is 6.61 Å². The van der Waals surface area contributed by atoms with Gasteiger partial charge in [-0.1, -0.05) is 65.1 Å². The van der Waals surface area contributed by atoms with Gasteiger partial charge in [-0.25, -0.2) is 9.59 Å². The van der Waals surface area contributed by atoms with Crippen LogP contribution in [-0.4, -0.2) is 68.9 Å². The van der Waals surface area contributed by atoms with Gasteiger partial charge in [0.1, 0.15) is 24.3 Å². The number of amides is 3. The van der Waals surface area contributed by atoms with E-state index in [1.807, 2.05) is 30.3 Å². The zero-order valence-electron chi connectivity index (χ0n) is 20.3. The van der Waals surface area contributed by atoms with Crippen molar-refractivity contribution >= 4 is 58.7 Å². The number of carbonyl (C=O) groups is 4. The molecule has 198 valence electrons. The largest absolute Gasteiger partial charge is 0.458 e. The Kier molecular flexibility index (Phi) is 9.01. The summed E-state index contributed by atoms with van der Waals surface area (Å²) in [6, 6.07) is 6.63. The smallest absolute Gasteiger partial charge is 0.407 e. The second-order valence-electron chi connectivity index (χ2n) is 9.89. The van der Waals surface area contributed by atoms with E-state index in [0.29, 0.717) is 12.8 Å². The number of alkyl carbamates (subject to hydrolysis) is 1. The first-order valence-electron chi connectivity index (χ1n) is 11.6. The lowest BCUT2D eigenvalue weighted by molar-refractivity contribution is -0.159. The molecule has 3 amide bonds. The normalized spacial score (nSPS) is 22.6. The van der Waals surface area contributed by atoms with Crippen LogP contribution in [0.25, 0.3) is 0 Å². The van der Waals surface area contributed by atoms with Crippen molar-refractivity contribution in [2.24, 2.45) is 0 Å². The molecule has 2 saturated heterocycles. The summed E-state index contributed by atoms with van der Waals surface area (Å²) in [5, 5.41) is 5.42. The summed E-state index contributed by atoms with van der Waals surface area (Å²) < 4.78 is 8.67. The molecule has 0 radical (unpaired) electrons. The minimum atomic E-state index is -1.75. The topological polar surface area (TPSA) is 114 Å². The summed E-state index contributed by atoms with van der Waals surface area (Å²) in [5.41, 5.74) is 0.122. The van der Waals surface area contributed by atoms with E-state index < -0.39 is 52.1 Å². The molecule has 1 aromatic rings. The van der Waals surface area contributed by atoms with Gasteiger partial charge in [0.15, 0.2) is 0 Å². The van der Waals surface area contributed by atoms with Gasteiger partial charge < -0.3 is 25.0 Å². The van der Waals surface area contributed by atoms with E-state index in [0.717, 1.165) is 5.56 Å². The highest BCUT2D eigenvalue weighted by Gasteiger charge is 2.50. The lowest BCUT2D eigenvalue weighted by Crippen LogP contribution is -2.53. The molecule has 0 unspecified atom stereocenters. The first kappa shape index (κ1) is 28.3. The molecule has 36 heavy (non-hydrogen) atoms. The Labute approximate surface area is 225 Å². The standard InChI is InChI=1S/C24H30Cl3N3O6/c1-23(2,3)36-21(33)16(11-14-7-5-4-6-8-14)28-20(32)18-10-9-17-15(12-19(31)30(17)18)29-22(34)35-13-24(25,26)27/h4-8,15-18H,9-13H2,1-3H3,(H,28,32)(H,29,34)/t15-,16-,17-,18-/m0/s1. The van der Waals surface area contributed by atoms with Crippen molar-refractivity contribution in [3.05, 3.63) is 35.9 Å². The van der Waals surface area contributed by atoms with Crippen LogP contribution in [0.5, 0.6) is 0 Å². The number of nitrogens with zero attached hydrogens (tertiary/aromatic N) is 1. The highest BCUT2D eigenvalue weighted by atomic mass is 35.6. The molecule has 2 aliphatic heterocycles. The number of esters is 1. The van der Waals surface area contributed by atoms with Crippen molar-refractivity contribution in [3.8, 4) is 0 Å². The molecule has 0 aliphatic carbocycles. The van der Waals surface area contributed by atoms with Gasteiger partial charge in [-0.15, -0.1) is 0 Å². The van der Waals surface area contributed by atoms with Gasteiger partial charge in [-0.05, 0) is 39.2 Å². The molecule has 0 bridgehead atoms. The second-order valence-corrected chi connectivity index (χ2v) is 12.4. The van der Waals surface area contributed by atoms with Gasteiger partial charge >= 0.3 is 12.1 Å². The van der Waals surface area contributed by atoms with E-state index in [1.54, 1.807) is 20.8 Å². The summed E-state index contributed by atoms with van der Waals surface area (Å²) in [7, 11) is 0. The number of carbonyl (C=O) groups excluding carboxylic acids is 4. The van der Waals surface area contributed by atoms with Crippen LogP contribution >= 0.6 is 34.8 Å². The molecule has 2 heterocycles. The second kappa shape index (κ2) is 11.4. The monoisotopic (exact) mass is 561 g/mol. The van der Waals surface area contributed by atoms with Gasteiger partial charge in [-0.2, -0.15) is 0 Å². The van der Waals surface area contributed by atoms with E-state index in [2.05, 4.69) is 10.6 Å². The molecule has 2 N–H and O–H groups in total. The van der Waals surface area contributed by atoms with Gasteiger partial charge in [0.25, 0.3) is 0 Å². The Morgan fingerprint density at radius 2 is 1.78 bits per heavy atom. The fraction of sp³-hybridized carbons (Fsp3) is 0.583. The van der Waals surface area contributed by atoms with Gasteiger partial charge in [0.2, 0.25) is 15.6 Å². The van der Waals surface area contributed by atoms with Crippen LogP contribution in [0.4, 0.5) is 4.79 Å². The minimum Gasteiger partial charge on any atom is -0.458 e. The number of fused-ring (bicyclic) bond motifs is 1. The average molecular weight is 563 g/mol. The lowest BCUT2D eigenvalue weighted by atomic mass is 10.0. The quantitative estimate of drug-likeness (QED) is 0.389. The van der Waals surface area contributed by atoms with Crippen molar-refractivity contribution in [3.63, 3.8) is 0 Å². The Balaban J connectivity index is 1.66. The van der Waals surface area contributed by atoms with Gasteiger partial charge in [-0.3, -0.25) is 9.59 Å². The summed E-state index contributed by atoms with van der Waals surface area (Å²) in [5.74, 6) is -1.28. The predicted octanol–water partition coefficient (Wildman–Crippen LogP) is 3.28. The molecule has 0 aromatic heterocycles. The Morgan fingerprint density at radius 1 is 1.11 bits per heavy atom. The van der Waals surface area contributed by atoms with E-state index in [-0.39, 0.29) is 24.8 Å². The number of benzene rings is 1. The summed E-state index contributed by atoms with van der Waals surface area (Å²) in [6.07, 6.45) is 0.314. The fourth-order valence-corrected chi connectivity index (χ4v) is 4.61. The molecule has 4 atom stereocenters. The molecule has 0 spiro atoms. The van der Waals surface area contributed by atoms with Crippen LogP contribution in [0.2, 0.25) is 0 Å². The minimum absolute atomic E-state index is 0.0107. The van der Waals surface area contributed by atoms with E-state index in [4.69, 9.17) is 44.3 Å². The highest BCUT2D eigenvalue weighted by Crippen LogP contribution is 2.34. The maximum absolute atomic E-state index is 13.3. The zero-order chi connectivity index (χ0) is 26.7. The van der Waals surface area contributed by atoms with E-state index in [9.17, 15) is 19.2 Å². The molecule has 3 rings (SSSR count). The molecule has 2 aliphatic rings. The van der Waals surface area contributed by atoms with Crippen LogP contribution in [-0.2, 0) is 30.3 Å². The van der Waals surface area contributed by atoms with E-state index >= 15 is 0 Å². The summed E-state index contributed by atoms with van der Waals surface area (Å²) in [4.78, 5) is 52.5. The third kappa shape index (κ3) is 7.88. The maximum atomic E-state index is 13.3. The zero-order valence-corrected chi connectivity index (χ0v) is 22.5. The van der Waals surface area contributed by atoms with Gasteiger partial charge in [0.05, 0.1) is 12.1 Å². The number of halogens is 3. The van der Waals surface area contributed by atoms with Gasteiger partial charge in [0, 0.05) is 12.8 Å². The number of rotatable bonds is 7. The van der Waals surface area contributed by atoms with Crippen molar-refractivity contribution in [2.45, 2.75) is 80.0 Å². The van der Waals surface area contributed by atoms with E-state index in [1.165, 1.54) is 4.90 Å². The Bertz CT molecular complexity index is 980. The molecular weight excluding hydrogens is 533 g/mol. The lowest BCUT2D eigenvalue weighted by Gasteiger charge is -2.28.